The number of halogens is 1. The summed E-state index contributed by atoms with van der Waals surface area (Å²) in [6, 6.07) is 7.64. The molecule has 0 amide bonds. The molecule has 16 heavy (non-hydrogen) atoms. The predicted octanol–water partition coefficient (Wildman–Crippen LogP) is 2.99. The van der Waals surface area contributed by atoms with Crippen molar-refractivity contribution < 1.29 is 4.74 Å². The fraction of sp³-hybridized carbons (Fsp3) is 0.0909. The Balaban J connectivity index is 2.24. The minimum Gasteiger partial charge on any atom is -0.497 e. The molecule has 5 heteroatoms. The highest BCUT2D eigenvalue weighted by atomic mass is 79.9. The molecule has 0 atom stereocenters. The standard InChI is InChI=1S/C11H10BrN3O/c1-16-9-4-2-3-8(5-9)15-11-10(12)6-13-7-14-11/h2-7H,1H3,(H,13,14,15). The van der Waals surface area contributed by atoms with Gasteiger partial charge in [0.05, 0.1) is 11.6 Å². The normalized spacial score (nSPS) is 9.88. The van der Waals surface area contributed by atoms with E-state index in [1.165, 1.54) is 6.33 Å². The van der Waals surface area contributed by atoms with E-state index < -0.39 is 0 Å². The van der Waals surface area contributed by atoms with Crippen LogP contribution in [-0.4, -0.2) is 17.1 Å². The highest BCUT2D eigenvalue weighted by Crippen LogP contribution is 2.24. The Hall–Kier alpha value is -1.62. The second-order valence-corrected chi connectivity index (χ2v) is 3.93. The van der Waals surface area contributed by atoms with Crippen LogP contribution in [0.2, 0.25) is 0 Å². The first-order valence-corrected chi connectivity index (χ1v) is 5.45. The lowest BCUT2D eigenvalue weighted by atomic mass is 10.3. The second-order valence-electron chi connectivity index (χ2n) is 3.08. The van der Waals surface area contributed by atoms with Gasteiger partial charge in [-0.3, -0.25) is 0 Å². The van der Waals surface area contributed by atoms with Crippen LogP contribution < -0.4 is 10.1 Å². The van der Waals surface area contributed by atoms with Crippen molar-refractivity contribution in [2.75, 3.05) is 12.4 Å². The predicted molar refractivity (Wildman–Crippen MR) is 66.0 cm³/mol. The molecule has 0 fully saturated rings. The zero-order valence-electron chi connectivity index (χ0n) is 8.64. The Bertz CT molecular complexity index is 490. The van der Waals surface area contributed by atoms with Gasteiger partial charge in [-0.25, -0.2) is 9.97 Å². The minimum absolute atomic E-state index is 0.725. The van der Waals surface area contributed by atoms with Crippen molar-refractivity contribution in [1.82, 2.24) is 9.97 Å². The van der Waals surface area contributed by atoms with Crippen LogP contribution in [0.5, 0.6) is 5.75 Å². The molecule has 0 bridgehead atoms. The van der Waals surface area contributed by atoms with Gasteiger partial charge in [-0.2, -0.15) is 0 Å². The van der Waals surface area contributed by atoms with Gasteiger partial charge in [-0.15, -0.1) is 0 Å². The Labute approximate surface area is 102 Å². The molecule has 1 heterocycles. The van der Waals surface area contributed by atoms with Crippen molar-refractivity contribution in [1.29, 1.82) is 0 Å². The third-order valence-corrected chi connectivity index (χ3v) is 2.58. The highest BCUT2D eigenvalue weighted by Gasteiger charge is 2.01. The number of nitrogens with one attached hydrogen (secondary N) is 1. The number of aromatic nitrogens is 2. The topological polar surface area (TPSA) is 47.0 Å². The summed E-state index contributed by atoms with van der Waals surface area (Å²) < 4.78 is 5.96. The highest BCUT2D eigenvalue weighted by molar-refractivity contribution is 9.10. The van der Waals surface area contributed by atoms with Crippen LogP contribution in [0.4, 0.5) is 11.5 Å². The summed E-state index contributed by atoms with van der Waals surface area (Å²) in [6.07, 6.45) is 3.18. The number of hydrogen-bond acceptors (Lipinski definition) is 4. The summed E-state index contributed by atoms with van der Waals surface area (Å²) in [7, 11) is 1.64. The van der Waals surface area contributed by atoms with Crippen molar-refractivity contribution in [3.8, 4) is 5.75 Å². The fourth-order valence-electron chi connectivity index (χ4n) is 1.24. The van der Waals surface area contributed by atoms with E-state index in [0.717, 1.165) is 21.7 Å². The first-order chi connectivity index (χ1) is 7.79. The van der Waals surface area contributed by atoms with Crippen molar-refractivity contribution in [2.45, 2.75) is 0 Å². The van der Waals surface area contributed by atoms with Crippen LogP contribution >= 0.6 is 15.9 Å². The van der Waals surface area contributed by atoms with Crippen LogP contribution in [0.3, 0.4) is 0 Å². The first-order valence-electron chi connectivity index (χ1n) is 4.66. The van der Waals surface area contributed by atoms with Crippen LogP contribution in [0.15, 0.2) is 41.3 Å². The fourth-order valence-corrected chi connectivity index (χ4v) is 1.56. The zero-order chi connectivity index (χ0) is 11.4. The van der Waals surface area contributed by atoms with Gasteiger partial charge in [0.25, 0.3) is 0 Å². The summed E-state index contributed by atoms with van der Waals surface area (Å²) in [6.45, 7) is 0. The molecule has 0 saturated heterocycles. The second kappa shape index (κ2) is 4.94. The summed E-state index contributed by atoms with van der Waals surface area (Å²) in [5, 5.41) is 3.17. The molecule has 0 aliphatic rings. The molecular formula is C11H10BrN3O. The van der Waals surface area contributed by atoms with Gasteiger partial charge in [0.2, 0.25) is 0 Å². The minimum atomic E-state index is 0.725. The van der Waals surface area contributed by atoms with Gasteiger partial charge in [-0.1, -0.05) is 6.07 Å². The van der Waals surface area contributed by atoms with Crippen molar-refractivity contribution in [2.24, 2.45) is 0 Å². The number of anilines is 2. The molecular weight excluding hydrogens is 270 g/mol. The van der Waals surface area contributed by atoms with E-state index in [-0.39, 0.29) is 0 Å². The summed E-state index contributed by atoms with van der Waals surface area (Å²) >= 11 is 3.37. The average Bonchev–Trinajstić information content (AvgIpc) is 2.32. The maximum Gasteiger partial charge on any atom is 0.148 e. The maximum atomic E-state index is 5.14. The Kier molecular flexibility index (Phi) is 3.36. The summed E-state index contributed by atoms with van der Waals surface area (Å²) in [5.74, 6) is 1.53. The van der Waals surface area contributed by atoms with Gasteiger partial charge in [0, 0.05) is 18.0 Å². The molecule has 1 aromatic carbocycles. The Morgan fingerprint density at radius 3 is 3.00 bits per heavy atom. The molecule has 0 aliphatic heterocycles. The molecule has 1 N–H and O–H groups in total. The lowest BCUT2D eigenvalue weighted by Crippen LogP contribution is -1.95. The monoisotopic (exact) mass is 279 g/mol. The Morgan fingerprint density at radius 1 is 1.38 bits per heavy atom. The lowest BCUT2D eigenvalue weighted by Gasteiger charge is -2.07. The van der Waals surface area contributed by atoms with Gasteiger partial charge < -0.3 is 10.1 Å². The van der Waals surface area contributed by atoms with Crippen molar-refractivity contribution in [3.05, 3.63) is 41.3 Å². The quantitative estimate of drug-likeness (QED) is 0.938. The molecule has 0 saturated carbocycles. The van der Waals surface area contributed by atoms with E-state index in [4.69, 9.17) is 4.74 Å². The smallest absolute Gasteiger partial charge is 0.148 e. The number of nitrogens with zero attached hydrogens (tertiary/aromatic N) is 2. The van der Waals surface area contributed by atoms with E-state index in [0.29, 0.717) is 0 Å². The largest absolute Gasteiger partial charge is 0.497 e. The first kappa shape index (κ1) is 10.9. The third kappa shape index (κ3) is 2.49. The van der Waals surface area contributed by atoms with Crippen LogP contribution in [0, 0.1) is 0 Å². The van der Waals surface area contributed by atoms with Gasteiger partial charge in [-0.05, 0) is 28.1 Å². The van der Waals surface area contributed by atoms with Crippen molar-refractivity contribution in [3.63, 3.8) is 0 Å². The number of rotatable bonds is 3. The zero-order valence-corrected chi connectivity index (χ0v) is 10.2. The van der Waals surface area contributed by atoms with Gasteiger partial charge in [0.1, 0.15) is 17.9 Å². The molecule has 1 aromatic heterocycles. The molecule has 0 aliphatic carbocycles. The Morgan fingerprint density at radius 2 is 2.25 bits per heavy atom. The van der Waals surface area contributed by atoms with E-state index in [1.807, 2.05) is 24.3 Å². The van der Waals surface area contributed by atoms with Gasteiger partial charge in [0.15, 0.2) is 0 Å². The van der Waals surface area contributed by atoms with Crippen LogP contribution in [0.25, 0.3) is 0 Å². The molecule has 2 aromatic rings. The lowest BCUT2D eigenvalue weighted by molar-refractivity contribution is 0.415. The maximum absolute atomic E-state index is 5.14. The van der Waals surface area contributed by atoms with Gasteiger partial charge >= 0.3 is 0 Å². The third-order valence-electron chi connectivity index (χ3n) is 2.00. The number of benzene rings is 1. The average molecular weight is 280 g/mol. The SMILES string of the molecule is COc1cccc(Nc2ncncc2Br)c1. The number of hydrogen-bond donors (Lipinski definition) is 1. The van der Waals surface area contributed by atoms with E-state index in [1.54, 1.807) is 13.3 Å². The van der Waals surface area contributed by atoms with E-state index >= 15 is 0 Å². The molecule has 82 valence electrons. The van der Waals surface area contributed by atoms with Crippen LogP contribution in [-0.2, 0) is 0 Å². The summed E-state index contributed by atoms with van der Waals surface area (Å²) in [5.41, 5.74) is 0.916. The van der Waals surface area contributed by atoms with Crippen LogP contribution in [0.1, 0.15) is 0 Å². The number of methoxy groups -OCH3 is 1. The summed E-state index contributed by atoms with van der Waals surface area (Å²) in [4.78, 5) is 8.02. The molecule has 0 radical (unpaired) electrons. The van der Waals surface area contributed by atoms with E-state index in [9.17, 15) is 0 Å². The van der Waals surface area contributed by atoms with E-state index in [2.05, 4.69) is 31.2 Å². The molecule has 4 nitrogen and oxygen atoms in total. The number of ether oxygens (including phenoxy) is 1. The van der Waals surface area contributed by atoms with Crippen molar-refractivity contribution >= 4 is 27.4 Å². The molecule has 0 unspecified atom stereocenters. The molecule has 2 rings (SSSR count). The molecule has 0 spiro atoms.